The highest BCUT2D eigenvalue weighted by Gasteiger charge is 2.17. The van der Waals surface area contributed by atoms with Crippen LogP contribution in [-0.2, 0) is 17.6 Å². The van der Waals surface area contributed by atoms with Crippen LogP contribution < -0.4 is 10.9 Å². The fraction of sp³-hybridized carbons (Fsp3) is 0.562. The second-order valence-electron chi connectivity index (χ2n) is 5.88. The minimum absolute atomic E-state index is 0.0540. The fourth-order valence-electron chi connectivity index (χ4n) is 2.96. The molecule has 0 aromatic carbocycles. The molecule has 1 aliphatic carbocycles. The third-order valence-electron chi connectivity index (χ3n) is 4.15. The quantitative estimate of drug-likeness (QED) is 0.909. The molecule has 1 saturated carbocycles. The summed E-state index contributed by atoms with van der Waals surface area (Å²) < 4.78 is 0. The maximum atomic E-state index is 12.1. The Bertz CT molecular complexity index is 729. The van der Waals surface area contributed by atoms with Gasteiger partial charge in [-0.1, -0.05) is 26.2 Å². The summed E-state index contributed by atoms with van der Waals surface area (Å²) in [7, 11) is 0. The number of carbonyl (C=O) groups excluding carboxylic acids is 1. The van der Waals surface area contributed by atoms with Crippen molar-refractivity contribution in [3.05, 3.63) is 27.1 Å². The number of aromatic nitrogens is 2. The van der Waals surface area contributed by atoms with Crippen LogP contribution in [0, 0.1) is 0 Å². The van der Waals surface area contributed by atoms with Gasteiger partial charge in [-0.2, -0.15) is 0 Å². The van der Waals surface area contributed by atoms with Gasteiger partial charge in [0.1, 0.15) is 10.7 Å². The van der Waals surface area contributed by atoms with Crippen molar-refractivity contribution in [1.29, 1.82) is 0 Å². The minimum atomic E-state index is -0.151. The molecule has 0 radical (unpaired) electrons. The molecular weight excluding hydrogens is 298 g/mol. The highest BCUT2D eigenvalue weighted by molar-refractivity contribution is 7.18. The van der Waals surface area contributed by atoms with Gasteiger partial charge in [-0.25, -0.2) is 4.98 Å². The SMILES string of the molecule is CCc1cc2c(=O)[nH]c(CC(=O)NC3CCCCC3)nc2s1. The molecule has 0 unspecified atom stereocenters. The van der Waals surface area contributed by atoms with E-state index in [4.69, 9.17) is 0 Å². The van der Waals surface area contributed by atoms with E-state index in [2.05, 4.69) is 22.2 Å². The van der Waals surface area contributed by atoms with Gasteiger partial charge in [0.25, 0.3) is 5.56 Å². The number of hydrogen-bond acceptors (Lipinski definition) is 4. The van der Waals surface area contributed by atoms with Crippen molar-refractivity contribution >= 4 is 27.5 Å². The predicted molar refractivity (Wildman–Crippen MR) is 88.3 cm³/mol. The second kappa shape index (κ2) is 6.60. The summed E-state index contributed by atoms with van der Waals surface area (Å²) in [5.41, 5.74) is -0.151. The third kappa shape index (κ3) is 3.38. The zero-order valence-corrected chi connectivity index (χ0v) is 13.6. The number of nitrogens with zero attached hydrogens (tertiary/aromatic N) is 1. The summed E-state index contributed by atoms with van der Waals surface area (Å²) in [5.74, 6) is 0.400. The monoisotopic (exact) mass is 319 g/mol. The molecule has 5 nitrogen and oxygen atoms in total. The number of H-pyrrole nitrogens is 1. The first-order valence-electron chi connectivity index (χ1n) is 7.96. The zero-order valence-electron chi connectivity index (χ0n) is 12.8. The van der Waals surface area contributed by atoms with E-state index < -0.39 is 0 Å². The number of nitrogens with one attached hydrogen (secondary N) is 2. The Morgan fingerprint density at radius 2 is 2.18 bits per heavy atom. The first-order valence-corrected chi connectivity index (χ1v) is 8.78. The van der Waals surface area contributed by atoms with Crippen LogP contribution in [0.2, 0.25) is 0 Å². The summed E-state index contributed by atoms with van der Waals surface area (Å²) in [6, 6.07) is 2.17. The number of carbonyl (C=O) groups is 1. The van der Waals surface area contributed by atoms with Gasteiger partial charge in [0.2, 0.25) is 5.91 Å². The van der Waals surface area contributed by atoms with Gasteiger partial charge in [0, 0.05) is 10.9 Å². The number of amides is 1. The number of hydrogen-bond donors (Lipinski definition) is 2. The normalized spacial score (nSPS) is 16.0. The van der Waals surface area contributed by atoms with Gasteiger partial charge in [0.05, 0.1) is 11.8 Å². The van der Waals surface area contributed by atoms with Crippen molar-refractivity contribution in [3.8, 4) is 0 Å². The molecule has 1 fully saturated rings. The standard InChI is InChI=1S/C16H21N3O2S/c1-2-11-8-12-15(21)18-13(19-16(12)22-11)9-14(20)17-10-6-4-3-5-7-10/h8,10H,2-7,9H2,1H3,(H,17,20)(H,18,19,21). The molecule has 0 aliphatic heterocycles. The Kier molecular flexibility index (Phi) is 4.57. The molecule has 0 saturated heterocycles. The van der Waals surface area contributed by atoms with Crippen LogP contribution in [-0.4, -0.2) is 21.9 Å². The largest absolute Gasteiger partial charge is 0.353 e. The van der Waals surface area contributed by atoms with Crippen LogP contribution in [0.15, 0.2) is 10.9 Å². The third-order valence-corrected chi connectivity index (χ3v) is 5.32. The number of aryl methyl sites for hydroxylation is 1. The first-order chi connectivity index (χ1) is 10.7. The topological polar surface area (TPSA) is 74.8 Å². The van der Waals surface area contributed by atoms with E-state index in [1.165, 1.54) is 30.6 Å². The van der Waals surface area contributed by atoms with Crippen molar-refractivity contribution in [3.63, 3.8) is 0 Å². The lowest BCUT2D eigenvalue weighted by molar-refractivity contribution is -0.121. The van der Waals surface area contributed by atoms with Crippen LogP contribution in [0.4, 0.5) is 0 Å². The highest BCUT2D eigenvalue weighted by Crippen LogP contribution is 2.21. The molecule has 1 aliphatic rings. The summed E-state index contributed by atoms with van der Waals surface area (Å²) >= 11 is 1.53. The van der Waals surface area contributed by atoms with E-state index >= 15 is 0 Å². The van der Waals surface area contributed by atoms with Crippen molar-refractivity contribution in [2.45, 2.75) is 57.9 Å². The van der Waals surface area contributed by atoms with Crippen LogP contribution in [0.5, 0.6) is 0 Å². The van der Waals surface area contributed by atoms with Crippen molar-refractivity contribution in [2.24, 2.45) is 0 Å². The van der Waals surface area contributed by atoms with Gasteiger partial charge >= 0.3 is 0 Å². The van der Waals surface area contributed by atoms with Crippen molar-refractivity contribution in [2.75, 3.05) is 0 Å². The maximum Gasteiger partial charge on any atom is 0.259 e. The van der Waals surface area contributed by atoms with Crippen molar-refractivity contribution < 1.29 is 4.79 Å². The first kappa shape index (κ1) is 15.2. The molecule has 2 heterocycles. The smallest absolute Gasteiger partial charge is 0.259 e. The molecule has 0 spiro atoms. The molecule has 3 rings (SSSR count). The van der Waals surface area contributed by atoms with Crippen LogP contribution >= 0.6 is 11.3 Å². The van der Waals surface area contributed by atoms with Gasteiger partial charge in [-0.05, 0) is 25.3 Å². The summed E-state index contributed by atoms with van der Waals surface area (Å²) in [5, 5.41) is 3.68. The second-order valence-corrected chi connectivity index (χ2v) is 6.99. The molecule has 118 valence electrons. The van der Waals surface area contributed by atoms with Crippen molar-refractivity contribution in [1.82, 2.24) is 15.3 Å². The molecule has 0 atom stereocenters. The maximum absolute atomic E-state index is 12.1. The van der Waals surface area contributed by atoms with Gasteiger partial charge in [0.15, 0.2) is 0 Å². The number of thiophene rings is 1. The molecule has 2 aromatic rings. The number of fused-ring (bicyclic) bond motifs is 1. The zero-order chi connectivity index (χ0) is 15.5. The fourth-order valence-corrected chi connectivity index (χ4v) is 3.95. The van der Waals surface area contributed by atoms with Crippen LogP contribution in [0.1, 0.15) is 49.7 Å². The lowest BCUT2D eigenvalue weighted by Gasteiger charge is -2.22. The number of rotatable bonds is 4. The van der Waals surface area contributed by atoms with E-state index in [1.54, 1.807) is 0 Å². The molecular formula is C16H21N3O2S. The van der Waals surface area contributed by atoms with Crippen LogP contribution in [0.25, 0.3) is 10.2 Å². The van der Waals surface area contributed by atoms with E-state index in [1.807, 2.05) is 6.07 Å². The van der Waals surface area contributed by atoms with E-state index in [9.17, 15) is 9.59 Å². The van der Waals surface area contributed by atoms with E-state index in [-0.39, 0.29) is 23.9 Å². The van der Waals surface area contributed by atoms with Crippen LogP contribution in [0.3, 0.4) is 0 Å². The minimum Gasteiger partial charge on any atom is -0.353 e. The summed E-state index contributed by atoms with van der Waals surface area (Å²) in [4.78, 5) is 33.2. The Labute approximate surface area is 133 Å². The molecule has 22 heavy (non-hydrogen) atoms. The molecule has 2 aromatic heterocycles. The molecule has 2 N–H and O–H groups in total. The van der Waals surface area contributed by atoms with E-state index in [0.29, 0.717) is 11.2 Å². The summed E-state index contributed by atoms with van der Waals surface area (Å²) in [6.07, 6.45) is 6.76. The Hall–Kier alpha value is -1.69. The highest BCUT2D eigenvalue weighted by atomic mass is 32.1. The Morgan fingerprint density at radius 3 is 2.91 bits per heavy atom. The lowest BCUT2D eigenvalue weighted by atomic mass is 9.95. The average Bonchev–Trinajstić information content (AvgIpc) is 2.92. The van der Waals surface area contributed by atoms with Gasteiger partial charge in [-0.15, -0.1) is 11.3 Å². The van der Waals surface area contributed by atoms with Gasteiger partial charge < -0.3 is 10.3 Å². The molecule has 0 bridgehead atoms. The molecule has 1 amide bonds. The predicted octanol–water partition coefficient (Wildman–Crippen LogP) is 2.54. The molecule has 6 heteroatoms. The van der Waals surface area contributed by atoms with E-state index in [0.717, 1.165) is 29.0 Å². The Morgan fingerprint density at radius 1 is 1.41 bits per heavy atom. The number of aromatic amines is 1. The lowest BCUT2D eigenvalue weighted by Crippen LogP contribution is -2.37. The summed E-state index contributed by atoms with van der Waals surface area (Å²) in [6.45, 7) is 2.05. The average molecular weight is 319 g/mol. The van der Waals surface area contributed by atoms with Gasteiger partial charge in [-0.3, -0.25) is 9.59 Å². The Balaban J connectivity index is 1.72.